The lowest BCUT2D eigenvalue weighted by Crippen LogP contribution is -2.52. The molecular formula is C23H25BrFN3O2S2. The molecule has 170 valence electrons. The van der Waals surface area contributed by atoms with Gasteiger partial charge in [-0.3, -0.25) is 4.90 Å². The molecule has 3 aromatic rings. The number of halogens is 2. The Hall–Kier alpha value is -1.78. The van der Waals surface area contributed by atoms with Gasteiger partial charge in [0.25, 0.3) is 0 Å². The van der Waals surface area contributed by atoms with E-state index >= 15 is 0 Å². The smallest absolute Gasteiger partial charge is 0.240 e. The molecule has 1 aromatic heterocycles. The van der Waals surface area contributed by atoms with Crippen LogP contribution in [0.5, 0.6) is 0 Å². The number of para-hydroxylation sites is 1. The molecule has 1 N–H and O–H groups in total. The van der Waals surface area contributed by atoms with Gasteiger partial charge in [-0.1, -0.05) is 34.1 Å². The molecule has 0 unspecified atom stereocenters. The highest BCUT2D eigenvalue weighted by Crippen LogP contribution is 2.31. The number of hydrogen-bond acceptors (Lipinski definition) is 5. The fourth-order valence-corrected chi connectivity index (χ4v) is 6.62. The molecule has 2 atom stereocenters. The molecule has 1 aliphatic rings. The molecule has 32 heavy (non-hydrogen) atoms. The number of benzene rings is 2. The summed E-state index contributed by atoms with van der Waals surface area (Å²) in [5, 5.41) is 2.01. The summed E-state index contributed by atoms with van der Waals surface area (Å²) in [5.74, 6) is -0.216. The van der Waals surface area contributed by atoms with Crippen molar-refractivity contribution in [1.82, 2.24) is 9.62 Å². The van der Waals surface area contributed by atoms with Crippen molar-refractivity contribution >= 4 is 43.0 Å². The first-order valence-electron chi connectivity index (χ1n) is 10.4. The zero-order valence-corrected chi connectivity index (χ0v) is 20.8. The third-order valence-electron chi connectivity index (χ3n) is 5.67. The van der Waals surface area contributed by atoms with Gasteiger partial charge in [0.1, 0.15) is 5.82 Å². The topological polar surface area (TPSA) is 52.7 Å². The molecular weight excluding hydrogens is 513 g/mol. The van der Waals surface area contributed by atoms with Crippen molar-refractivity contribution in [2.45, 2.75) is 23.9 Å². The van der Waals surface area contributed by atoms with E-state index in [1.165, 1.54) is 6.07 Å². The average molecular weight is 539 g/mol. The van der Waals surface area contributed by atoms with E-state index in [-0.39, 0.29) is 22.8 Å². The van der Waals surface area contributed by atoms with Crippen LogP contribution in [0.3, 0.4) is 0 Å². The lowest BCUT2D eigenvalue weighted by molar-refractivity contribution is 0.163. The number of piperazine rings is 1. The van der Waals surface area contributed by atoms with Crippen molar-refractivity contribution in [2.24, 2.45) is 0 Å². The summed E-state index contributed by atoms with van der Waals surface area (Å²) < 4.78 is 43.9. The van der Waals surface area contributed by atoms with Gasteiger partial charge in [0.15, 0.2) is 0 Å². The quantitative estimate of drug-likeness (QED) is 0.466. The van der Waals surface area contributed by atoms with Crippen LogP contribution in [0.1, 0.15) is 17.8 Å². The summed E-state index contributed by atoms with van der Waals surface area (Å²) in [5.41, 5.74) is 0.615. The van der Waals surface area contributed by atoms with Gasteiger partial charge in [-0.2, -0.15) is 0 Å². The summed E-state index contributed by atoms with van der Waals surface area (Å²) in [4.78, 5) is 5.68. The van der Waals surface area contributed by atoms with Crippen LogP contribution in [0.4, 0.5) is 10.1 Å². The maximum absolute atomic E-state index is 14.2. The summed E-state index contributed by atoms with van der Waals surface area (Å²) in [7, 11) is -3.66. The first-order chi connectivity index (χ1) is 15.3. The van der Waals surface area contributed by atoms with Crippen LogP contribution in [-0.2, 0) is 10.0 Å². The fourth-order valence-electron chi connectivity index (χ4n) is 4.14. The lowest BCUT2D eigenvalue weighted by atomic mass is 10.1. The molecule has 0 aliphatic carbocycles. The highest BCUT2D eigenvalue weighted by Gasteiger charge is 2.33. The predicted molar refractivity (Wildman–Crippen MR) is 131 cm³/mol. The number of rotatable bonds is 7. The zero-order chi connectivity index (χ0) is 22.7. The van der Waals surface area contributed by atoms with E-state index in [9.17, 15) is 12.8 Å². The van der Waals surface area contributed by atoms with E-state index in [4.69, 9.17) is 0 Å². The molecule has 0 radical (unpaired) electrons. The molecule has 4 rings (SSSR count). The van der Waals surface area contributed by atoms with Crippen LogP contribution in [0.25, 0.3) is 0 Å². The molecule has 1 aliphatic heterocycles. The molecule has 1 fully saturated rings. The second-order valence-electron chi connectivity index (χ2n) is 7.80. The predicted octanol–water partition coefficient (Wildman–Crippen LogP) is 4.88. The number of hydrogen-bond donors (Lipinski definition) is 1. The van der Waals surface area contributed by atoms with E-state index < -0.39 is 10.0 Å². The van der Waals surface area contributed by atoms with Crippen molar-refractivity contribution in [1.29, 1.82) is 0 Å². The van der Waals surface area contributed by atoms with E-state index in [2.05, 4.69) is 25.6 Å². The summed E-state index contributed by atoms with van der Waals surface area (Å²) in [6.45, 7) is 4.68. The normalized spacial score (nSPS) is 17.3. The van der Waals surface area contributed by atoms with Crippen LogP contribution in [0.15, 0.2) is 75.4 Å². The fraction of sp³-hybridized carbons (Fsp3) is 0.304. The number of sulfonamides is 1. The second kappa shape index (κ2) is 10.0. The highest BCUT2D eigenvalue weighted by atomic mass is 79.9. The van der Waals surface area contributed by atoms with Gasteiger partial charge >= 0.3 is 0 Å². The lowest BCUT2D eigenvalue weighted by Gasteiger charge is -2.42. The van der Waals surface area contributed by atoms with E-state index in [1.807, 2.05) is 35.4 Å². The Morgan fingerprint density at radius 1 is 1.00 bits per heavy atom. The first-order valence-corrected chi connectivity index (χ1v) is 13.6. The molecule has 9 heteroatoms. The SMILES string of the molecule is C[C@@H](NS(=O)(=O)c1ccc(Br)cc1)[C@@H](c1cccs1)N1CCN(c2ccccc2F)CC1. The van der Waals surface area contributed by atoms with Crippen LogP contribution < -0.4 is 9.62 Å². The molecule has 1 saturated heterocycles. The minimum Gasteiger partial charge on any atom is -0.367 e. The minimum absolute atomic E-state index is 0.108. The molecule has 5 nitrogen and oxygen atoms in total. The second-order valence-corrected chi connectivity index (χ2v) is 11.4. The Bertz CT molecular complexity index is 1130. The van der Waals surface area contributed by atoms with Crippen molar-refractivity contribution < 1.29 is 12.8 Å². The van der Waals surface area contributed by atoms with Crippen molar-refractivity contribution in [3.63, 3.8) is 0 Å². The minimum atomic E-state index is -3.66. The summed E-state index contributed by atoms with van der Waals surface area (Å²) >= 11 is 4.96. The van der Waals surface area contributed by atoms with E-state index in [0.29, 0.717) is 31.9 Å². The molecule has 0 saturated carbocycles. The number of anilines is 1. The number of nitrogens with one attached hydrogen (secondary N) is 1. The maximum atomic E-state index is 14.2. The zero-order valence-electron chi connectivity index (χ0n) is 17.6. The molecule has 0 bridgehead atoms. The van der Waals surface area contributed by atoms with E-state index in [1.54, 1.807) is 47.7 Å². The Morgan fingerprint density at radius 2 is 1.69 bits per heavy atom. The molecule has 0 amide bonds. The summed E-state index contributed by atoms with van der Waals surface area (Å²) in [6.07, 6.45) is 0. The summed E-state index contributed by atoms with van der Waals surface area (Å²) in [6, 6.07) is 17.0. The Kier molecular flexibility index (Phi) is 7.31. The largest absolute Gasteiger partial charge is 0.367 e. The molecule has 2 aromatic carbocycles. The molecule has 0 spiro atoms. The number of nitrogens with zero attached hydrogens (tertiary/aromatic N) is 2. The van der Waals surface area contributed by atoms with E-state index in [0.717, 1.165) is 9.35 Å². The third-order valence-corrected chi connectivity index (χ3v) is 8.72. The van der Waals surface area contributed by atoms with Gasteiger partial charge in [-0.15, -0.1) is 11.3 Å². The number of thiophene rings is 1. The van der Waals surface area contributed by atoms with Gasteiger partial charge in [0, 0.05) is 41.6 Å². The van der Waals surface area contributed by atoms with Crippen LogP contribution in [-0.4, -0.2) is 45.5 Å². The molecule has 2 heterocycles. The monoisotopic (exact) mass is 537 g/mol. The highest BCUT2D eigenvalue weighted by molar-refractivity contribution is 9.10. The van der Waals surface area contributed by atoms with Crippen molar-refractivity contribution in [3.8, 4) is 0 Å². The Balaban J connectivity index is 1.51. The van der Waals surface area contributed by atoms with Gasteiger partial charge in [0.05, 0.1) is 16.6 Å². The van der Waals surface area contributed by atoms with Crippen LogP contribution in [0.2, 0.25) is 0 Å². The first kappa shape index (κ1) is 23.4. The van der Waals surface area contributed by atoms with Crippen molar-refractivity contribution in [2.75, 3.05) is 31.1 Å². The Morgan fingerprint density at radius 3 is 2.31 bits per heavy atom. The van der Waals surface area contributed by atoms with Gasteiger partial charge in [-0.05, 0) is 54.8 Å². The van der Waals surface area contributed by atoms with Gasteiger partial charge < -0.3 is 4.90 Å². The standard InChI is InChI=1S/C23H25BrFN3O2S2/c1-17(26-32(29,30)19-10-8-18(24)9-11-19)23(22-7-4-16-31-22)28-14-12-27(13-15-28)21-6-3-2-5-20(21)25/h2-11,16-17,23,26H,12-15H2,1H3/t17-,23+/m1/s1. The Labute approximate surface area is 201 Å². The maximum Gasteiger partial charge on any atom is 0.240 e. The average Bonchev–Trinajstić information content (AvgIpc) is 3.29. The third kappa shape index (κ3) is 5.23. The van der Waals surface area contributed by atoms with Gasteiger partial charge in [-0.25, -0.2) is 17.5 Å². The van der Waals surface area contributed by atoms with Crippen LogP contribution >= 0.6 is 27.3 Å². The van der Waals surface area contributed by atoms with Crippen LogP contribution in [0, 0.1) is 5.82 Å². The van der Waals surface area contributed by atoms with Gasteiger partial charge in [0.2, 0.25) is 10.0 Å². The van der Waals surface area contributed by atoms with Crippen molar-refractivity contribution in [3.05, 3.63) is 81.2 Å².